The largest absolute Gasteiger partial charge is 0.478 e. The molecule has 1 aliphatic heterocycles. The Hall–Kier alpha value is -1.38. The molecule has 0 atom stereocenters. The number of hydrogen-bond donors (Lipinski definition) is 0. The van der Waals surface area contributed by atoms with Crippen molar-refractivity contribution in [3.05, 3.63) is 23.9 Å². The van der Waals surface area contributed by atoms with E-state index in [1.165, 1.54) is 6.40 Å². The van der Waals surface area contributed by atoms with E-state index < -0.39 is 0 Å². The highest BCUT2D eigenvalue weighted by Crippen LogP contribution is 2.17. The van der Waals surface area contributed by atoms with Crippen LogP contribution in [0.5, 0.6) is 0 Å². The molecule has 0 fully saturated rings. The Morgan fingerprint density at radius 1 is 1.50 bits per heavy atom. The molecule has 0 bridgehead atoms. The summed E-state index contributed by atoms with van der Waals surface area (Å²) < 4.78 is 4.96. The van der Waals surface area contributed by atoms with Gasteiger partial charge < -0.3 is 4.74 Å². The minimum atomic E-state index is 0.590. The van der Waals surface area contributed by atoms with Crippen molar-refractivity contribution in [2.45, 2.75) is 6.61 Å². The SMILES string of the molecule is C1=Nc2ncccc2CO1. The maximum absolute atomic E-state index is 4.96. The standard InChI is InChI=1S/C7H6N2O/c1-2-6-4-10-5-9-7(6)8-3-1/h1-3,5H,4H2. The Bertz CT molecular complexity index is 270. The van der Waals surface area contributed by atoms with Crippen molar-refractivity contribution in [2.75, 3.05) is 0 Å². The van der Waals surface area contributed by atoms with Crippen LogP contribution in [0, 0.1) is 0 Å². The number of hydrogen-bond acceptors (Lipinski definition) is 3. The van der Waals surface area contributed by atoms with Crippen LogP contribution in [0.4, 0.5) is 5.82 Å². The van der Waals surface area contributed by atoms with Gasteiger partial charge in [0.1, 0.15) is 6.61 Å². The van der Waals surface area contributed by atoms with Gasteiger partial charge in [-0.2, -0.15) is 0 Å². The van der Waals surface area contributed by atoms with Gasteiger partial charge in [-0.15, -0.1) is 0 Å². The summed E-state index contributed by atoms with van der Waals surface area (Å²) in [6, 6.07) is 3.84. The molecule has 0 N–H and O–H groups in total. The van der Waals surface area contributed by atoms with Gasteiger partial charge in [-0.25, -0.2) is 9.98 Å². The van der Waals surface area contributed by atoms with Crippen LogP contribution in [-0.4, -0.2) is 11.4 Å². The summed E-state index contributed by atoms with van der Waals surface area (Å²) in [4.78, 5) is 7.98. The van der Waals surface area contributed by atoms with E-state index in [0.29, 0.717) is 6.61 Å². The normalized spacial score (nSPS) is 14.0. The molecule has 50 valence electrons. The molecule has 2 rings (SSSR count). The molecule has 0 spiro atoms. The second-order valence-corrected chi connectivity index (χ2v) is 2.03. The van der Waals surface area contributed by atoms with Gasteiger partial charge in [0.15, 0.2) is 12.2 Å². The first-order valence-corrected chi connectivity index (χ1v) is 3.05. The molecule has 0 saturated heterocycles. The third-order valence-corrected chi connectivity index (χ3v) is 1.36. The van der Waals surface area contributed by atoms with Gasteiger partial charge >= 0.3 is 0 Å². The first kappa shape index (κ1) is 5.41. The van der Waals surface area contributed by atoms with Crippen molar-refractivity contribution in [3.63, 3.8) is 0 Å². The Morgan fingerprint density at radius 2 is 2.50 bits per heavy atom. The second kappa shape index (κ2) is 2.10. The fourth-order valence-corrected chi connectivity index (χ4v) is 0.873. The van der Waals surface area contributed by atoms with E-state index in [1.807, 2.05) is 12.1 Å². The highest BCUT2D eigenvalue weighted by atomic mass is 16.5. The van der Waals surface area contributed by atoms with Crippen molar-refractivity contribution in [1.29, 1.82) is 0 Å². The van der Waals surface area contributed by atoms with Crippen LogP contribution in [0.3, 0.4) is 0 Å². The molecule has 10 heavy (non-hydrogen) atoms. The smallest absolute Gasteiger partial charge is 0.176 e. The van der Waals surface area contributed by atoms with E-state index in [4.69, 9.17) is 4.74 Å². The van der Waals surface area contributed by atoms with Crippen LogP contribution in [0.1, 0.15) is 5.56 Å². The van der Waals surface area contributed by atoms with Crippen LogP contribution >= 0.6 is 0 Å². The van der Waals surface area contributed by atoms with E-state index in [1.54, 1.807) is 6.20 Å². The Balaban J connectivity index is 2.54. The summed E-state index contributed by atoms with van der Waals surface area (Å²) in [5.74, 6) is 0.772. The third-order valence-electron chi connectivity index (χ3n) is 1.36. The summed E-state index contributed by atoms with van der Waals surface area (Å²) in [5.41, 5.74) is 1.05. The highest BCUT2D eigenvalue weighted by Gasteiger charge is 2.04. The molecule has 2 heterocycles. The molecule has 0 saturated carbocycles. The van der Waals surface area contributed by atoms with E-state index in [-0.39, 0.29) is 0 Å². The maximum Gasteiger partial charge on any atom is 0.176 e. The van der Waals surface area contributed by atoms with E-state index in [2.05, 4.69) is 9.98 Å². The monoisotopic (exact) mass is 134 g/mol. The fraction of sp³-hybridized carbons (Fsp3) is 0.143. The molecular weight excluding hydrogens is 128 g/mol. The van der Waals surface area contributed by atoms with Gasteiger partial charge in [0.05, 0.1) is 0 Å². The molecule has 0 unspecified atom stereocenters. The van der Waals surface area contributed by atoms with Crippen LogP contribution < -0.4 is 0 Å². The summed E-state index contributed by atoms with van der Waals surface area (Å²) >= 11 is 0. The zero-order valence-electron chi connectivity index (χ0n) is 5.32. The van der Waals surface area contributed by atoms with Gasteiger partial charge in [0.2, 0.25) is 0 Å². The molecule has 0 amide bonds. The van der Waals surface area contributed by atoms with Crippen molar-refractivity contribution in [1.82, 2.24) is 4.98 Å². The minimum absolute atomic E-state index is 0.590. The number of aliphatic imine (C=N–C) groups is 1. The Morgan fingerprint density at radius 3 is 3.40 bits per heavy atom. The van der Waals surface area contributed by atoms with E-state index in [0.717, 1.165) is 11.4 Å². The quantitative estimate of drug-likeness (QED) is 0.535. The Kier molecular flexibility index (Phi) is 1.13. The molecule has 0 radical (unpaired) electrons. The van der Waals surface area contributed by atoms with Crippen molar-refractivity contribution < 1.29 is 4.74 Å². The van der Waals surface area contributed by atoms with Gasteiger partial charge in [-0.1, -0.05) is 6.07 Å². The lowest BCUT2D eigenvalue weighted by Gasteiger charge is -2.07. The van der Waals surface area contributed by atoms with Gasteiger partial charge in [0, 0.05) is 11.8 Å². The minimum Gasteiger partial charge on any atom is -0.478 e. The number of ether oxygens (including phenoxy) is 1. The highest BCUT2D eigenvalue weighted by molar-refractivity contribution is 5.58. The first-order chi connectivity index (χ1) is 4.97. The molecule has 1 aromatic rings. The lowest BCUT2D eigenvalue weighted by atomic mass is 10.3. The molecular formula is C7H6N2O. The van der Waals surface area contributed by atoms with Crippen LogP contribution in [0.15, 0.2) is 23.3 Å². The molecule has 1 aromatic heterocycles. The van der Waals surface area contributed by atoms with Crippen LogP contribution in [0.25, 0.3) is 0 Å². The summed E-state index contributed by atoms with van der Waals surface area (Å²) in [6.07, 6.45) is 3.15. The number of pyridine rings is 1. The third kappa shape index (κ3) is 0.757. The van der Waals surface area contributed by atoms with E-state index in [9.17, 15) is 0 Å². The Labute approximate surface area is 58.4 Å². The van der Waals surface area contributed by atoms with E-state index >= 15 is 0 Å². The lowest BCUT2D eigenvalue weighted by Crippen LogP contribution is -1.97. The predicted octanol–water partition coefficient (Wildman–Crippen LogP) is 1.27. The molecule has 3 heteroatoms. The summed E-state index contributed by atoms with van der Waals surface area (Å²) in [6.45, 7) is 0.590. The maximum atomic E-state index is 4.96. The second-order valence-electron chi connectivity index (χ2n) is 2.03. The molecule has 3 nitrogen and oxygen atoms in total. The lowest BCUT2D eigenvalue weighted by molar-refractivity contribution is 0.302. The molecule has 0 aliphatic carbocycles. The summed E-state index contributed by atoms with van der Waals surface area (Å²) in [7, 11) is 0. The molecule has 1 aliphatic rings. The molecule has 0 aromatic carbocycles. The number of rotatable bonds is 0. The average Bonchev–Trinajstić information content (AvgIpc) is 2.05. The van der Waals surface area contributed by atoms with Crippen LogP contribution in [0.2, 0.25) is 0 Å². The predicted molar refractivity (Wildman–Crippen MR) is 37.2 cm³/mol. The first-order valence-electron chi connectivity index (χ1n) is 3.05. The number of nitrogens with zero attached hydrogens (tertiary/aromatic N) is 2. The van der Waals surface area contributed by atoms with Crippen molar-refractivity contribution in [2.24, 2.45) is 4.99 Å². The van der Waals surface area contributed by atoms with Crippen molar-refractivity contribution in [3.8, 4) is 0 Å². The average molecular weight is 134 g/mol. The number of fused-ring (bicyclic) bond motifs is 1. The topological polar surface area (TPSA) is 34.5 Å². The zero-order chi connectivity index (χ0) is 6.81. The number of aromatic nitrogens is 1. The van der Waals surface area contributed by atoms with Crippen molar-refractivity contribution >= 4 is 12.2 Å². The van der Waals surface area contributed by atoms with Gasteiger partial charge in [-0.05, 0) is 6.07 Å². The zero-order valence-corrected chi connectivity index (χ0v) is 5.32. The summed E-state index contributed by atoms with van der Waals surface area (Å²) in [5, 5.41) is 0. The fourth-order valence-electron chi connectivity index (χ4n) is 0.873. The van der Waals surface area contributed by atoms with Gasteiger partial charge in [-0.3, -0.25) is 0 Å². The van der Waals surface area contributed by atoms with Gasteiger partial charge in [0.25, 0.3) is 0 Å². The van der Waals surface area contributed by atoms with Crippen LogP contribution in [-0.2, 0) is 11.3 Å².